The predicted octanol–water partition coefficient (Wildman–Crippen LogP) is 3.03. The summed E-state index contributed by atoms with van der Waals surface area (Å²) in [5.41, 5.74) is 7.87. The molecule has 0 bridgehead atoms. The van der Waals surface area contributed by atoms with Gasteiger partial charge in [-0.3, -0.25) is 9.59 Å². The van der Waals surface area contributed by atoms with Crippen LogP contribution in [-0.4, -0.2) is 37.7 Å². The Kier molecular flexibility index (Phi) is 7.21. The zero-order valence-electron chi connectivity index (χ0n) is 16.5. The van der Waals surface area contributed by atoms with Crippen LogP contribution in [-0.2, 0) is 9.53 Å². The molecule has 0 spiro atoms. The average molecular weight is 397 g/mol. The molecule has 2 amide bonds. The third kappa shape index (κ3) is 5.79. The van der Waals surface area contributed by atoms with Gasteiger partial charge in [0.25, 0.3) is 5.91 Å². The first-order valence-electron chi connectivity index (χ1n) is 9.85. The molecule has 7 heteroatoms. The first-order chi connectivity index (χ1) is 14.1. The van der Waals surface area contributed by atoms with Gasteiger partial charge in [0.05, 0.1) is 12.6 Å². The summed E-state index contributed by atoms with van der Waals surface area (Å²) in [6, 6.07) is 13.3. The molecule has 1 saturated heterocycles. The number of rotatable bonds is 7. The highest BCUT2D eigenvalue weighted by Gasteiger charge is 2.26. The van der Waals surface area contributed by atoms with Crippen molar-refractivity contribution in [2.45, 2.75) is 25.8 Å². The zero-order valence-corrected chi connectivity index (χ0v) is 16.5. The van der Waals surface area contributed by atoms with Gasteiger partial charge in [-0.1, -0.05) is 0 Å². The van der Waals surface area contributed by atoms with E-state index in [0.29, 0.717) is 36.8 Å². The third-order valence-corrected chi connectivity index (χ3v) is 4.91. The van der Waals surface area contributed by atoms with E-state index in [0.717, 1.165) is 18.6 Å². The van der Waals surface area contributed by atoms with Gasteiger partial charge in [0.1, 0.15) is 5.75 Å². The van der Waals surface area contributed by atoms with E-state index in [1.807, 2.05) is 6.92 Å². The van der Waals surface area contributed by atoms with Gasteiger partial charge in [0.15, 0.2) is 0 Å². The number of ether oxygens (including phenoxy) is 2. The van der Waals surface area contributed by atoms with Crippen LogP contribution in [0.15, 0.2) is 48.5 Å². The quantitative estimate of drug-likeness (QED) is 0.666. The molecule has 29 heavy (non-hydrogen) atoms. The van der Waals surface area contributed by atoms with Crippen LogP contribution >= 0.6 is 0 Å². The van der Waals surface area contributed by atoms with Gasteiger partial charge < -0.3 is 25.8 Å². The normalized spacial score (nSPS) is 15.4. The number of nitrogens with one attached hydrogen (secondary N) is 2. The van der Waals surface area contributed by atoms with Crippen LogP contribution in [0.2, 0.25) is 0 Å². The first-order valence-corrected chi connectivity index (χ1v) is 9.85. The fourth-order valence-electron chi connectivity index (χ4n) is 3.22. The largest absolute Gasteiger partial charge is 0.494 e. The molecule has 0 aliphatic carbocycles. The van der Waals surface area contributed by atoms with Crippen molar-refractivity contribution < 1.29 is 19.1 Å². The molecule has 1 fully saturated rings. The maximum Gasteiger partial charge on any atom is 0.255 e. The molecule has 7 nitrogen and oxygen atoms in total. The van der Waals surface area contributed by atoms with E-state index in [2.05, 4.69) is 10.6 Å². The molecule has 1 aliphatic rings. The molecule has 1 atom stereocenters. The van der Waals surface area contributed by atoms with Crippen LogP contribution in [0.5, 0.6) is 5.75 Å². The lowest BCUT2D eigenvalue weighted by Crippen LogP contribution is -2.44. The Hall–Kier alpha value is -2.90. The standard InChI is InChI=1S/C22H27N3O4/c1-2-29-19-9-7-18(8-10-19)24-21(26)16-3-5-17(6-4-16)25-22(27)20(23)15-11-13-28-14-12-15/h3-10,15,20H,2,11-14,23H2,1H3,(H,24,26)(H,25,27). The lowest BCUT2D eigenvalue weighted by Gasteiger charge is -2.26. The van der Waals surface area contributed by atoms with Gasteiger partial charge in [-0.15, -0.1) is 0 Å². The molecule has 154 valence electrons. The fourth-order valence-corrected chi connectivity index (χ4v) is 3.22. The molecule has 2 aromatic carbocycles. The summed E-state index contributed by atoms with van der Waals surface area (Å²) in [5.74, 6) is 0.432. The summed E-state index contributed by atoms with van der Waals surface area (Å²) in [5, 5.41) is 5.66. The lowest BCUT2D eigenvalue weighted by molar-refractivity contribution is -0.119. The summed E-state index contributed by atoms with van der Waals surface area (Å²) in [6.45, 7) is 3.79. The second-order valence-corrected chi connectivity index (χ2v) is 6.95. The van der Waals surface area contributed by atoms with Crippen LogP contribution in [0.3, 0.4) is 0 Å². The van der Waals surface area contributed by atoms with Crippen LogP contribution < -0.4 is 21.1 Å². The number of hydrogen-bond donors (Lipinski definition) is 3. The lowest BCUT2D eigenvalue weighted by atomic mass is 9.92. The summed E-state index contributed by atoms with van der Waals surface area (Å²) >= 11 is 0. The number of carbonyl (C=O) groups excluding carboxylic acids is 2. The highest BCUT2D eigenvalue weighted by molar-refractivity contribution is 6.04. The summed E-state index contributed by atoms with van der Waals surface area (Å²) in [7, 11) is 0. The van der Waals surface area contributed by atoms with Crippen molar-refractivity contribution in [1.29, 1.82) is 0 Å². The number of nitrogens with two attached hydrogens (primary N) is 1. The highest BCUT2D eigenvalue weighted by atomic mass is 16.5. The van der Waals surface area contributed by atoms with E-state index in [9.17, 15) is 9.59 Å². The molecule has 1 aliphatic heterocycles. The number of hydrogen-bond acceptors (Lipinski definition) is 5. The van der Waals surface area contributed by atoms with Crippen molar-refractivity contribution in [2.24, 2.45) is 11.7 Å². The molecular weight excluding hydrogens is 370 g/mol. The molecule has 0 saturated carbocycles. The maximum atomic E-state index is 12.4. The number of anilines is 2. The molecular formula is C22H27N3O4. The first kappa shape index (κ1) is 20.8. The van der Waals surface area contributed by atoms with E-state index in [-0.39, 0.29) is 17.7 Å². The van der Waals surface area contributed by atoms with Crippen molar-refractivity contribution in [3.8, 4) is 5.75 Å². The maximum absolute atomic E-state index is 12.4. The Morgan fingerprint density at radius 3 is 2.24 bits per heavy atom. The Morgan fingerprint density at radius 1 is 1.03 bits per heavy atom. The average Bonchev–Trinajstić information content (AvgIpc) is 2.76. The van der Waals surface area contributed by atoms with Crippen molar-refractivity contribution in [3.05, 3.63) is 54.1 Å². The minimum absolute atomic E-state index is 0.128. The van der Waals surface area contributed by atoms with Gasteiger partial charge in [-0.2, -0.15) is 0 Å². The van der Waals surface area contributed by atoms with Gasteiger partial charge in [0, 0.05) is 30.2 Å². The Morgan fingerprint density at radius 2 is 1.62 bits per heavy atom. The monoisotopic (exact) mass is 397 g/mol. The molecule has 1 unspecified atom stereocenters. The Labute approximate surface area is 170 Å². The Balaban J connectivity index is 1.54. The van der Waals surface area contributed by atoms with Gasteiger partial charge >= 0.3 is 0 Å². The summed E-state index contributed by atoms with van der Waals surface area (Å²) in [4.78, 5) is 24.8. The van der Waals surface area contributed by atoms with Gasteiger partial charge in [-0.05, 0) is 74.2 Å². The minimum atomic E-state index is -0.568. The van der Waals surface area contributed by atoms with Gasteiger partial charge in [-0.25, -0.2) is 0 Å². The molecule has 0 radical (unpaired) electrons. The van der Waals surface area contributed by atoms with E-state index >= 15 is 0 Å². The van der Waals surface area contributed by atoms with Crippen molar-refractivity contribution in [3.63, 3.8) is 0 Å². The SMILES string of the molecule is CCOc1ccc(NC(=O)c2ccc(NC(=O)C(N)C3CCOCC3)cc2)cc1. The second-order valence-electron chi connectivity index (χ2n) is 6.95. The predicted molar refractivity (Wildman–Crippen MR) is 112 cm³/mol. The topological polar surface area (TPSA) is 103 Å². The van der Waals surface area contributed by atoms with E-state index < -0.39 is 6.04 Å². The molecule has 2 aromatic rings. The molecule has 1 heterocycles. The number of carbonyl (C=O) groups is 2. The third-order valence-electron chi connectivity index (χ3n) is 4.91. The minimum Gasteiger partial charge on any atom is -0.494 e. The molecule has 0 aromatic heterocycles. The number of amides is 2. The molecule has 3 rings (SSSR count). The van der Waals surface area contributed by atoms with Crippen LogP contribution in [0, 0.1) is 5.92 Å². The highest BCUT2D eigenvalue weighted by Crippen LogP contribution is 2.20. The van der Waals surface area contributed by atoms with Crippen molar-refractivity contribution in [1.82, 2.24) is 0 Å². The van der Waals surface area contributed by atoms with E-state index in [4.69, 9.17) is 15.2 Å². The zero-order chi connectivity index (χ0) is 20.6. The second kappa shape index (κ2) is 10.0. The van der Waals surface area contributed by atoms with Crippen molar-refractivity contribution >= 4 is 23.2 Å². The summed E-state index contributed by atoms with van der Waals surface area (Å²) in [6.07, 6.45) is 1.58. The van der Waals surface area contributed by atoms with Crippen LogP contribution in [0.4, 0.5) is 11.4 Å². The molecule has 4 N–H and O–H groups in total. The van der Waals surface area contributed by atoms with Crippen LogP contribution in [0.1, 0.15) is 30.1 Å². The number of benzene rings is 2. The Bertz CT molecular complexity index is 815. The van der Waals surface area contributed by atoms with Crippen LogP contribution in [0.25, 0.3) is 0 Å². The van der Waals surface area contributed by atoms with E-state index in [1.165, 1.54) is 0 Å². The summed E-state index contributed by atoms with van der Waals surface area (Å²) < 4.78 is 10.7. The fraction of sp³-hybridized carbons (Fsp3) is 0.364. The van der Waals surface area contributed by atoms with Crippen molar-refractivity contribution in [2.75, 3.05) is 30.5 Å². The smallest absolute Gasteiger partial charge is 0.255 e. The van der Waals surface area contributed by atoms with E-state index in [1.54, 1.807) is 48.5 Å². The van der Waals surface area contributed by atoms with Gasteiger partial charge in [0.2, 0.25) is 5.91 Å².